The second kappa shape index (κ2) is 26.4. The van der Waals surface area contributed by atoms with Gasteiger partial charge in [0, 0.05) is 14.4 Å². The van der Waals surface area contributed by atoms with Crippen molar-refractivity contribution in [3.8, 4) is 0 Å². The molecule has 4 aliphatic carbocycles. The number of allylic oxidation sites excluding steroid dienone is 1. The Morgan fingerprint density at radius 1 is 0.627 bits per heavy atom. The Morgan fingerprint density at radius 2 is 1.13 bits per heavy atom. The first-order valence-electron chi connectivity index (χ1n) is 30.1. The number of aryl methyl sites for hydroxylation is 2. The van der Waals surface area contributed by atoms with Crippen LogP contribution in [0.15, 0.2) is 29.8 Å². The van der Waals surface area contributed by atoms with Crippen LogP contribution in [0, 0.1) is 68.2 Å². The van der Waals surface area contributed by atoms with E-state index < -0.39 is 145 Å². The van der Waals surface area contributed by atoms with E-state index in [0.717, 1.165) is 25.7 Å². The van der Waals surface area contributed by atoms with Gasteiger partial charge < -0.3 is 104 Å². The summed E-state index contributed by atoms with van der Waals surface area (Å²) < 4.78 is 48.5. The van der Waals surface area contributed by atoms with Crippen LogP contribution in [-0.2, 0) is 37.9 Å². The monoisotopic (exact) mass is 1290 g/mol. The van der Waals surface area contributed by atoms with Gasteiger partial charge in [-0.2, -0.15) is 0 Å². The Morgan fingerprint density at radius 3 is 1.65 bits per heavy atom. The van der Waals surface area contributed by atoms with Crippen LogP contribution in [0.25, 0.3) is 0 Å². The smallest absolute Gasteiger partial charge is 0.187 e. The molecule has 8 aliphatic rings. The van der Waals surface area contributed by atoms with Gasteiger partial charge >= 0.3 is 0 Å². The first-order chi connectivity index (χ1) is 38.7. The molecule has 1 aromatic carbocycles. The molecule has 1 aromatic rings. The Kier molecular flexibility index (Phi) is 21.5. The van der Waals surface area contributed by atoms with Crippen molar-refractivity contribution in [2.45, 2.75) is 256 Å². The molecule has 20 unspecified atom stereocenters. The standard InChI is InChI=1S/C53H90O21.C8H9I/c1-23(10-14-33(49(2,3)4)73-47-43(65)39(61)37(59)29(71-47)21-69-45-41(63)35(57)27(54)19-67-45)24-16-17-51(7)31-13-11-25-26(53(31,9)32(56)18-52(24,51)8)12-15-34(50(25,5)6)74-48-44(66)40(62)38(60)30(72-48)22-70-46-42(64)36(58)28(55)20-68-46;1-6-4-3-5-7(2)8(6)9/h11,23-24,26-48,54-66H,10,12-22H2,1-9H3;3-5H,1-2H3/t23-,24-,26-,27?,28?,29?,30?,31?,32-,33?,34+,35?,36?,37?,38?,39?,40?,41?,42?,43?,44?,45?,46?,47?,48?,51+,52-,53+;/m1./s1. The van der Waals surface area contributed by atoms with Crippen LogP contribution in [-0.4, -0.2) is 222 Å². The number of halogens is 1. The summed E-state index contributed by atoms with van der Waals surface area (Å²) in [5, 5.41) is 139. The molecular weight excluding hydrogens is 1200 g/mol. The summed E-state index contributed by atoms with van der Waals surface area (Å²) in [5.41, 5.74) is 2.11. The molecule has 0 spiro atoms. The molecule has 83 heavy (non-hydrogen) atoms. The predicted molar refractivity (Wildman–Crippen MR) is 307 cm³/mol. The Labute approximate surface area is 502 Å². The number of ether oxygens (including phenoxy) is 8. The van der Waals surface area contributed by atoms with Crippen LogP contribution in [0.4, 0.5) is 0 Å². The highest BCUT2D eigenvalue weighted by Gasteiger charge is 2.70. The summed E-state index contributed by atoms with van der Waals surface area (Å²) in [4.78, 5) is 0. The average Bonchev–Trinajstić information content (AvgIpc) is 1.82. The Balaban J connectivity index is 0.000000912. The van der Waals surface area contributed by atoms with Crippen LogP contribution in [0.2, 0.25) is 0 Å². The Hall–Kier alpha value is -1.15. The van der Waals surface area contributed by atoms with Crippen molar-refractivity contribution in [2.75, 3.05) is 26.4 Å². The lowest BCUT2D eigenvalue weighted by atomic mass is 9.38. The summed E-state index contributed by atoms with van der Waals surface area (Å²) in [6.45, 7) is 22.6. The molecule has 9 rings (SSSR count). The largest absolute Gasteiger partial charge is 0.393 e. The number of fused-ring (bicyclic) bond motifs is 5. The highest BCUT2D eigenvalue weighted by molar-refractivity contribution is 14.1. The van der Waals surface area contributed by atoms with E-state index in [1.807, 2.05) is 20.8 Å². The van der Waals surface area contributed by atoms with Gasteiger partial charge in [0.2, 0.25) is 0 Å². The van der Waals surface area contributed by atoms with Crippen molar-refractivity contribution in [3.05, 3.63) is 44.5 Å². The van der Waals surface area contributed by atoms with Gasteiger partial charge in [-0.1, -0.05) is 92.2 Å². The summed E-state index contributed by atoms with van der Waals surface area (Å²) in [7, 11) is 0. The summed E-state index contributed by atoms with van der Waals surface area (Å²) in [5.74, 6) is 0.688. The lowest BCUT2D eigenvalue weighted by molar-refractivity contribution is -0.333. The number of rotatable bonds is 14. The zero-order chi connectivity index (χ0) is 61.2. The molecule has 4 aliphatic heterocycles. The van der Waals surface area contributed by atoms with Gasteiger partial charge in [-0.15, -0.1) is 0 Å². The molecule has 3 saturated carbocycles. The molecule has 22 heteroatoms. The molecule has 0 bridgehead atoms. The van der Waals surface area contributed by atoms with Crippen molar-refractivity contribution < 1.29 is 104 Å². The van der Waals surface area contributed by atoms with Crippen molar-refractivity contribution in [1.82, 2.24) is 0 Å². The molecule has 13 N–H and O–H groups in total. The fourth-order valence-corrected chi connectivity index (χ4v) is 16.2. The first-order valence-corrected chi connectivity index (χ1v) is 31.1. The van der Waals surface area contributed by atoms with E-state index in [0.29, 0.717) is 25.7 Å². The molecule has 4 heterocycles. The van der Waals surface area contributed by atoms with E-state index in [1.165, 1.54) is 20.3 Å². The minimum atomic E-state index is -1.65. The third-order valence-electron chi connectivity index (χ3n) is 21.5. The molecule has 28 atom stereocenters. The van der Waals surface area contributed by atoms with Crippen molar-refractivity contribution in [3.63, 3.8) is 0 Å². The zero-order valence-electron chi connectivity index (χ0n) is 50.2. The normalized spacial score (nSPS) is 47.0. The van der Waals surface area contributed by atoms with Gasteiger partial charge in [0.1, 0.15) is 85.5 Å². The molecule has 0 amide bonds. The minimum Gasteiger partial charge on any atom is -0.393 e. The average molecular weight is 1300 g/mol. The van der Waals surface area contributed by atoms with E-state index in [4.69, 9.17) is 37.9 Å². The van der Waals surface area contributed by atoms with Gasteiger partial charge in [-0.05, 0) is 139 Å². The second-order valence-electron chi connectivity index (χ2n) is 27.9. The van der Waals surface area contributed by atoms with E-state index in [1.54, 1.807) is 0 Å². The molecular formula is C61H99IO21. The molecule has 0 aromatic heterocycles. The minimum absolute atomic E-state index is 0.0347. The third kappa shape index (κ3) is 13.1. The van der Waals surface area contributed by atoms with Gasteiger partial charge in [0.25, 0.3) is 0 Å². The highest BCUT2D eigenvalue weighted by atomic mass is 127. The number of hydrogen-bond acceptors (Lipinski definition) is 21. The molecule has 0 radical (unpaired) electrons. The van der Waals surface area contributed by atoms with E-state index >= 15 is 0 Å². The van der Waals surface area contributed by atoms with Crippen LogP contribution >= 0.6 is 22.6 Å². The number of hydrogen-bond donors (Lipinski definition) is 13. The molecule has 476 valence electrons. The Bertz CT molecular complexity index is 2320. The SMILES string of the molecule is C[C@H](CCC(OC1OC(COC2OCC(O)C(O)C2O)C(O)C(O)C1O)C(C)(C)C)[C@H]1CC[C@@]2(C)C3CC=C4[C@@H](CC[C@H](OC5OC(COC6OCC(O)C(O)C6O)C(O)C(O)C5O)C4(C)C)[C@]3(C)[C@H](O)C[C@]12C.Cc1cccc(C)c1I. The van der Waals surface area contributed by atoms with Crippen molar-refractivity contribution in [1.29, 1.82) is 0 Å². The fraction of sp³-hybridized carbons (Fsp3) is 0.869. The van der Waals surface area contributed by atoms with Crippen LogP contribution in [0.5, 0.6) is 0 Å². The van der Waals surface area contributed by atoms with Gasteiger partial charge in [0.05, 0.1) is 44.7 Å². The van der Waals surface area contributed by atoms with E-state index in [-0.39, 0.29) is 60.9 Å². The second-order valence-corrected chi connectivity index (χ2v) is 29.0. The summed E-state index contributed by atoms with van der Waals surface area (Å²) in [6.07, 6.45) is -19.3. The summed E-state index contributed by atoms with van der Waals surface area (Å²) in [6, 6.07) is 6.36. The van der Waals surface area contributed by atoms with Gasteiger partial charge in [-0.25, -0.2) is 0 Å². The zero-order valence-corrected chi connectivity index (χ0v) is 52.3. The first kappa shape index (κ1) is 67.8. The number of benzene rings is 1. The molecule has 7 fully saturated rings. The van der Waals surface area contributed by atoms with Crippen LogP contribution in [0.1, 0.15) is 125 Å². The molecule has 4 saturated heterocycles. The maximum absolute atomic E-state index is 12.7. The van der Waals surface area contributed by atoms with Crippen LogP contribution < -0.4 is 0 Å². The predicted octanol–water partition coefficient (Wildman–Crippen LogP) is 2.23. The summed E-state index contributed by atoms with van der Waals surface area (Å²) >= 11 is 2.37. The highest BCUT2D eigenvalue weighted by Crippen LogP contribution is 2.75. The number of aliphatic hydroxyl groups excluding tert-OH is 13. The lowest BCUT2D eigenvalue weighted by Crippen LogP contribution is -2.65. The fourth-order valence-electron chi connectivity index (χ4n) is 15.9. The third-order valence-corrected chi connectivity index (χ3v) is 23.2. The number of aliphatic hydroxyl groups is 13. The maximum Gasteiger partial charge on any atom is 0.187 e. The topological polar surface area (TPSA) is 337 Å². The van der Waals surface area contributed by atoms with Gasteiger partial charge in [0.15, 0.2) is 25.2 Å². The van der Waals surface area contributed by atoms with E-state index in [2.05, 4.69) is 102 Å². The quantitative estimate of drug-likeness (QED) is 0.0938. The van der Waals surface area contributed by atoms with Gasteiger partial charge in [-0.3, -0.25) is 0 Å². The van der Waals surface area contributed by atoms with Crippen molar-refractivity contribution >= 4 is 22.6 Å². The lowest BCUT2D eigenvalue weighted by Gasteiger charge is -2.67. The molecule has 21 nitrogen and oxygen atoms in total. The van der Waals surface area contributed by atoms with Crippen LogP contribution in [0.3, 0.4) is 0 Å². The maximum atomic E-state index is 12.7. The van der Waals surface area contributed by atoms with Crippen molar-refractivity contribution in [2.24, 2.45) is 50.7 Å². The van der Waals surface area contributed by atoms with E-state index in [9.17, 15) is 66.4 Å².